The zero-order chi connectivity index (χ0) is 16.0. The first kappa shape index (κ1) is 17.6. The van der Waals surface area contributed by atoms with Crippen LogP contribution in [0, 0.1) is 11.7 Å². The van der Waals surface area contributed by atoms with Gasteiger partial charge >= 0.3 is 6.03 Å². The fourth-order valence-electron chi connectivity index (χ4n) is 1.86. The summed E-state index contributed by atoms with van der Waals surface area (Å²) in [6.45, 7) is 6.20. The predicted molar refractivity (Wildman–Crippen MR) is 84.4 cm³/mol. The molecule has 0 aliphatic heterocycles. The van der Waals surface area contributed by atoms with Gasteiger partial charge in [0, 0.05) is 18.0 Å². The largest absolute Gasteiger partial charge is 0.335 e. The third kappa shape index (κ3) is 6.25. The fourth-order valence-corrected chi connectivity index (χ4v) is 2.45. The first-order valence-electron chi connectivity index (χ1n) is 7.00. The standard InChI is InChI=1S/C15H23FN2O2S/c1-10(2)5-6-11(3)17-15(19)18-12-7-8-14(21(4)20)13(16)9-12/h7-11H,5-6H2,1-4H3,(H2,17,18,19). The van der Waals surface area contributed by atoms with Crippen molar-refractivity contribution in [1.82, 2.24) is 5.32 Å². The highest BCUT2D eigenvalue weighted by molar-refractivity contribution is 7.84. The van der Waals surface area contributed by atoms with Crippen molar-refractivity contribution in [2.24, 2.45) is 5.92 Å². The van der Waals surface area contributed by atoms with Crippen molar-refractivity contribution in [3.63, 3.8) is 0 Å². The Morgan fingerprint density at radius 3 is 2.48 bits per heavy atom. The van der Waals surface area contributed by atoms with Gasteiger partial charge in [-0.05, 0) is 43.9 Å². The molecule has 2 unspecified atom stereocenters. The lowest BCUT2D eigenvalue weighted by atomic mass is 10.0. The third-order valence-electron chi connectivity index (χ3n) is 3.05. The van der Waals surface area contributed by atoms with Crippen molar-refractivity contribution in [3.8, 4) is 0 Å². The van der Waals surface area contributed by atoms with E-state index in [0.717, 1.165) is 12.8 Å². The molecule has 2 amide bonds. The van der Waals surface area contributed by atoms with Gasteiger partial charge in [-0.25, -0.2) is 9.18 Å². The Morgan fingerprint density at radius 1 is 1.29 bits per heavy atom. The molecule has 21 heavy (non-hydrogen) atoms. The number of nitrogens with one attached hydrogen (secondary N) is 2. The first-order valence-corrected chi connectivity index (χ1v) is 8.56. The molecule has 0 radical (unpaired) electrons. The number of amides is 2. The zero-order valence-corrected chi connectivity index (χ0v) is 13.7. The van der Waals surface area contributed by atoms with Crippen LogP contribution in [0.1, 0.15) is 33.6 Å². The Labute approximate surface area is 128 Å². The van der Waals surface area contributed by atoms with E-state index in [2.05, 4.69) is 24.5 Å². The maximum absolute atomic E-state index is 13.7. The summed E-state index contributed by atoms with van der Waals surface area (Å²) in [6, 6.07) is 3.83. The molecule has 1 rings (SSSR count). The molecule has 0 fully saturated rings. The van der Waals surface area contributed by atoms with Crippen LogP contribution in [0.4, 0.5) is 14.9 Å². The molecule has 1 aromatic carbocycles. The number of anilines is 1. The number of rotatable bonds is 6. The van der Waals surface area contributed by atoms with Crippen LogP contribution in [0.15, 0.2) is 23.1 Å². The van der Waals surface area contributed by atoms with Crippen molar-refractivity contribution in [1.29, 1.82) is 0 Å². The number of carbonyl (C=O) groups is 1. The Morgan fingerprint density at radius 2 is 1.95 bits per heavy atom. The minimum absolute atomic E-state index is 0.0552. The molecule has 1 aromatic rings. The molecule has 6 heteroatoms. The van der Waals surface area contributed by atoms with Crippen LogP contribution >= 0.6 is 0 Å². The molecule has 0 saturated heterocycles. The third-order valence-corrected chi connectivity index (χ3v) is 4.00. The van der Waals surface area contributed by atoms with Crippen molar-refractivity contribution < 1.29 is 13.4 Å². The molecule has 118 valence electrons. The molecule has 0 aliphatic rings. The van der Waals surface area contributed by atoms with Gasteiger partial charge < -0.3 is 10.6 Å². The van der Waals surface area contributed by atoms with Crippen molar-refractivity contribution >= 4 is 22.5 Å². The highest BCUT2D eigenvalue weighted by Crippen LogP contribution is 2.17. The van der Waals surface area contributed by atoms with E-state index < -0.39 is 16.6 Å². The fraction of sp³-hybridized carbons (Fsp3) is 0.533. The predicted octanol–water partition coefficient (Wildman–Crippen LogP) is 3.51. The van der Waals surface area contributed by atoms with Gasteiger partial charge in [0.05, 0.1) is 15.7 Å². The Balaban J connectivity index is 2.55. The summed E-state index contributed by atoms with van der Waals surface area (Å²) in [5.74, 6) is 0.00959. The molecule has 2 N–H and O–H groups in total. The molecule has 2 atom stereocenters. The monoisotopic (exact) mass is 314 g/mol. The first-order chi connectivity index (χ1) is 9.79. The average molecular weight is 314 g/mol. The molecule has 0 bridgehead atoms. The van der Waals surface area contributed by atoms with Crippen molar-refractivity contribution in [2.45, 2.75) is 44.6 Å². The van der Waals surface area contributed by atoms with Gasteiger partial charge in [-0.3, -0.25) is 4.21 Å². The van der Waals surface area contributed by atoms with Gasteiger partial charge in [0.2, 0.25) is 0 Å². The summed E-state index contributed by atoms with van der Waals surface area (Å²) in [4.78, 5) is 11.9. The molecule has 0 aliphatic carbocycles. The quantitative estimate of drug-likeness (QED) is 0.844. The molecule has 0 aromatic heterocycles. The van der Waals surface area contributed by atoms with E-state index in [0.29, 0.717) is 11.6 Å². The second kappa shape index (κ2) is 8.12. The number of hydrogen-bond acceptors (Lipinski definition) is 2. The Bertz CT molecular complexity index is 520. The van der Waals surface area contributed by atoms with Gasteiger partial charge in [-0.2, -0.15) is 0 Å². The summed E-state index contributed by atoms with van der Waals surface area (Å²) < 4.78 is 24.9. The van der Waals surface area contributed by atoms with E-state index in [9.17, 15) is 13.4 Å². The summed E-state index contributed by atoms with van der Waals surface area (Å²) in [7, 11) is -1.38. The second-order valence-electron chi connectivity index (χ2n) is 5.57. The summed E-state index contributed by atoms with van der Waals surface area (Å²) >= 11 is 0. The average Bonchev–Trinajstić information content (AvgIpc) is 2.35. The summed E-state index contributed by atoms with van der Waals surface area (Å²) in [5, 5.41) is 5.39. The van der Waals surface area contributed by atoms with E-state index in [1.165, 1.54) is 24.5 Å². The molecule has 0 saturated carbocycles. The Hall–Kier alpha value is -1.43. The van der Waals surface area contributed by atoms with E-state index in [1.54, 1.807) is 0 Å². The van der Waals surface area contributed by atoms with Crippen LogP contribution in [-0.2, 0) is 10.8 Å². The number of benzene rings is 1. The maximum atomic E-state index is 13.7. The highest BCUT2D eigenvalue weighted by Gasteiger charge is 2.11. The number of hydrogen-bond donors (Lipinski definition) is 2. The lowest BCUT2D eigenvalue weighted by molar-refractivity contribution is 0.248. The van der Waals surface area contributed by atoms with E-state index >= 15 is 0 Å². The van der Waals surface area contributed by atoms with Crippen LogP contribution in [0.2, 0.25) is 0 Å². The highest BCUT2D eigenvalue weighted by atomic mass is 32.2. The van der Waals surface area contributed by atoms with Crippen molar-refractivity contribution in [2.75, 3.05) is 11.6 Å². The van der Waals surface area contributed by atoms with Gasteiger partial charge in [-0.1, -0.05) is 13.8 Å². The summed E-state index contributed by atoms with van der Waals surface area (Å²) in [6.07, 6.45) is 3.34. The zero-order valence-electron chi connectivity index (χ0n) is 12.9. The van der Waals surface area contributed by atoms with Crippen LogP contribution in [0.5, 0.6) is 0 Å². The number of carbonyl (C=O) groups excluding carboxylic acids is 1. The molecule has 0 heterocycles. The van der Waals surface area contributed by atoms with Gasteiger partial charge in [-0.15, -0.1) is 0 Å². The normalized spacial score (nSPS) is 13.8. The maximum Gasteiger partial charge on any atom is 0.319 e. The van der Waals surface area contributed by atoms with E-state index in [1.807, 2.05) is 6.92 Å². The molecule has 0 spiro atoms. The van der Waals surface area contributed by atoms with Crippen LogP contribution in [0.3, 0.4) is 0 Å². The van der Waals surface area contributed by atoms with Gasteiger partial charge in [0.25, 0.3) is 0 Å². The number of halogens is 1. The van der Waals surface area contributed by atoms with Crippen LogP contribution < -0.4 is 10.6 Å². The smallest absolute Gasteiger partial charge is 0.319 e. The Kier molecular flexibility index (Phi) is 6.81. The van der Waals surface area contributed by atoms with Gasteiger partial charge in [0.1, 0.15) is 5.82 Å². The lowest BCUT2D eigenvalue weighted by Crippen LogP contribution is -2.36. The number of urea groups is 1. The van der Waals surface area contributed by atoms with E-state index in [4.69, 9.17) is 0 Å². The SMILES string of the molecule is CC(C)CCC(C)NC(=O)Nc1ccc(S(C)=O)c(F)c1. The topological polar surface area (TPSA) is 58.2 Å². The minimum atomic E-state index is -1.38. The van der Waals surface area contributed by atoms with Crippen LogP contribution in [0.25, 0.3) is 0 Å². The van der Waals surface area contributed by atoms with Gasteiger partial charge in [0.15, 0.2) is 0 Å². The summed E-state index contributed by atoms with van der Waals surface area (Å²) in [5.41, 5.74) is 0.343. The van der Waals surface area contributed by atoms with E-state index in [-0.39, 0.29) is 17.0 Å². The van der Waals surface area contributed by atoms with Crippen LogP contribution in [-0.4, -0.2) is 22.5 Å². The molecular weight excluding hydrogens is 291 g/mol. The minimum Gasteiger partial charge on any atom is -0.335 e. The van der Waals surface area contributed by atoms with Crippen molar-refractivity contribution in [3.05, 3.63) is 24.0 Å². The second-order valence-corrected chi connectivity index (χ2v) is 6.92. The molecular formula is C15H23FN2O2S. The lowest BCUT2D eigenvalue weighted by Gasteiger charge is -2.16. The molecule has 4 nitrogen and oxygen atoms in total.